The zero-order valence-corrected chi connectivity index (χ0v) is 11.3. The SMILES string of the molecule is CNC1COCC1C(=O)N1CCC(CC(=O)O)CC1. The first-order chi connectivity index (χ1) is 9.11. The van der Waals surface area contributed by atoms with E-state index in [1.165, 1.54) is 0 Å². The summed E-state index contributed by atoms with van der Waals surface area (Å²) in [4.78, 5) is 24.9. The average Bonchev–Trinajstić information content (AvgIpc) is 2.86. The molecule has 0 aromatic rings. The fourth-order valence-electron chi connectivity index (χ4n) is 2.92. The van der Waals surface area contributed by atoms with Crippen molar-refractivity contribution in [2.45, 2.75) is 25.3 Å². The lowest BCUT2D eigenvalue weighted by atomic mass is 9.92. The predicted octanol–water partition coefficient (Wildman–Crippen LogP) is -0.0659. The van der Waals surface area contributed by atoms with Crippen LogP contribution >= 0.6 is 0 Å². The highest BCUT2D eigenvalue weighted by molar-refractivity contribution is 5.80. The van der Waals surface area contributed by atoms with Gasteiger partial charge in [-0.2, -0.15) is 0 Å². The second-order valence-corrected chi connectivity index (χ2v) is 5.41. The Kier molecular flexibility index (Phi) is 4.76. The molecule has 2 aliphatic heterocycles. The van der Waals surface area contributed by atoms with Crippen molar-refractivity contribution in [2.75, 3.05) is 33.4 Å². The molecule has 2 atom stereocenters. The summed E-state index contributed by atoms with van der Waals surface area (Å²) in [6.07, 6.45) is 1.79. The minimum Gasteiger partial charge on any atom is -0.481 e. The van der Waals surface area contributed by atoms with E-state index in [1.54, 1.807) is 0 Å². The number of ether oxygens (including phenoxy) is 1. The van der Waals surface area contributed by atoms with Gasteiger partial charge in [0.2, 0.25) is 5.91 Å². The molecule has 1 amide bonds. The highest BCUT2D eigenvalue weighted by atomic mass is 16.5. The van der Waals surface area contributed by atoms with E-state index >= 15 is 0 Å². The van der Waals surface area contributed by atoms with E-state index in [-0.39, 0.29) is 30.2 Å². The summed E-state index contributed by atoms with van der Waals surface area (Å²) in [5.41, 5.74) is 0. The molecule has 108 valence electrons. The van der Waals surface area contributed by atoms with Gasteiger partial charge in [-0.25, -0.2) is 0 Å². The highest BCUT2D eigenvalue weighted by Crippen LogP contribution is 2.24. The van der Waals surface area contributed by atoms with Crippen LogP contribution in [-0.4, -0.2) is 61.3 Å². The van der Waals surface area contributed by atoms with Crippen molar-refractivity contribution in [3.63, 3.8) is 0 Å². The summed E-state index contributed by atoms with van der Waals surface area (Å²) in [6, 6.07) is 0.101. The van der Waals surface area contributed by atoms with E-state index in [0.717, 1.165) is 12.8 Å². The van der Waals surface area contributed by atoms with Gasteiger partial charge in [0.15, 0.2) is 0 Å². The molecular formula is C13H22N2O4. The number of likely N-dealkylation sites (tertiary alicyclic amines) is 1. The van der Waals surface area contributed by atoms with Gasteiger partial charge in [-0.15, -0.1) is 0 Å². The number of aliphatic carboxylic acids is 1. The molecule has 2 unspecified atom stereocenters. The van der Waals surface area contributed by atoms with Gasteiger partial charge >= 0.3 is 5.97 Å². The number of carboxylic acids is 1. The highest BCUT2D eigenvalue weighted by Gasteiger charge is 2.36. The van der Waals surface area contributed by atoms with Crippen LogP contribution in [0.5, 0.6) is 0 Å². The standard InChI is InChI=1S/C13H22N2O4/c1-14-11-8-19-7-10(11)13(18)15-4-2-9(3-5-15)6-12(16)17/h9-11,14H,2-8H2,1H3,(H,16,17). The fraction of sp³-hybridized carbons (Fsp3) is 0.846. The number of piperidine rings is 1. The number of likely N-dealkylation sites (N-methyl/N-ethyl adjacent to an activating group) is 1. The Hall–Kier alpha value is -1.14. The molecule has 2 rings (SSSR count). The second kappa shape index (κ2) is 6.34. The fourth-order valence-corrected chi connectivity index (χ4v) is 2.92. The molecular weight excluding hydrogens is 248 g/mol. The number of carboxylic acid groups (broad SMARTS) is 1. The van der Waals surface area contributed by atoms with Gasteiger partial charge < -0.3 is 20.1 Å². The minimum absolute atomic E-state index is 0.0963. The van der Waals surface area contributed by atoms with Crippen LogP contribution in [-0.2, 0) is 14.3 Å². The quantitative estimate of drug-likeness (QED) is 0.748. The van der Waals surface area contributed by atoms with Gasteiger partial charge in [0, 0.05) is 25.6 Å². The normalized spacial score (nSPS) is 28.6. The van der Waals surface area contributed by atoms with Crippen LogP contribution in [0.25, 0.3) is 0 Å². The Labute approximate surface area is 113 Å². The molecule has 0 radical (unpaired) electrons. The Bertz CT molecular complexity index is 340. The lowest BCUT2D eigenvalue weighted by molar-refractivity contribution is -0.139. The number of rotatable bonds is 4. The van der Waals surface area contributed by atoms with Gasteiger partial charge in [0.05, 0.1) is 19.1 Å². The second-order valence-electron chi connectivity index (χ2n) is 5.41. The van der Waals surface area contributed by atoms with Crippen molar-refractivity contribution < 1.29 is 19.4 Å². The maximum Gasteiger partial charge on any atom is 0.303 e. The van der Waals surface area contributed by atoms with Gasteiger partial charge in [0.1, 0.15) is 0 Å². The molecule has 0 aliphatic carbocycles. The number of hydrogen-bond donors (Lipinski definition) is 2. The Balaban J connectivity index is 1.83. The third-order valence-electron chi connectivity index (χ3n) is 4.16. The summed E-state index contributed by atoms with van der Waals surface area (Å²) < 4.78 is 5.36. The monoisotopic (exact) mass is 270 g/mol. The number of nitrogens with zero attached hydrogens (tertiary/aromatic N) is 1. The summed E-state index contributed by atoms with van der Waals surface area (Å²) in [6.45, 7) is 2.41. The van der Waals surface area contributed by atoms with E-state index in [9.17, 15) is 9.59 Å². The first-order valence-electron chi connectivity index (χ1n) is 6.87. The van der Waals surface area contributed by atoms with Crippen LogP contribution < -0.4 is 5.32 Å². The van der Waals surface area contributed by atoms with E-state index in [2.05, 4.69) is 5.32 Å². The van der Waals surface area contributed by atoms with Crippen LogP contribution in [0.3, 0.4) is 0 Å². The van der Waals surface area contributed by atoms with Gasteiger partial charge in [-0.3, -0.25) is 9.59 Å². The van der Waals surface area contributed by atoms with Gasteiger partial charge in [-0.05, 0) is 25.8 Å². The molecule has 0 saturated carbocycles. The average molecular weight is 270 g/mol. The minimum atomic E-state index is -0.746. The number of carbonyl (C=O) groups excluding carboxylic acids is 1. The van der Waals surface area contributed by atoms with Crippen molar-refractivity contribution in [1.82, 2.24) is 10.2 Å². The molecule has 2 saturated heterocycles. The molecule has 6 heteroatoms. The molecule has 0 spiro atoms. The zero-order valence-electron chi connectivity index (χ0n) is 11.3. The summed E-state index contributed by atoms with van der Waals surface area (Å²) in [5.74, 6) is -0.489. The number of carbonyl (C=O) groups is 2. The number of hydrogen-bond acceptors (Lipinski definition) is 4. The van der Waals surface area contributed by atoms with Crippen LogP contribution in [0, 0.1) is 11.8 Å². The van der Waals surface area contributed by atoms with E-state index in [1.807, 2.05) is 11.9 Å². The van der Waals surface area contributed by atoms with E-state index < -0.39 is 5.97 Å². The maximum atomic E-state index is 12.4. The molecule has 0 bridgehead atoms. The zero-order chi connectivity index (χ0) is 13.8. The first kappa shape index (κ1) is 14.3. The van der Waals surface area contributed by atoms with Crippen LogP contribution in [0.2, 0.25) is 0 Å². The molecule has 2 fully saturated rings. The topological polar surface area (TPSA) is 78.9 Å². The first-order valence-corrected chi connectivity index (χ1v) is 6.87. The Morgan fingerprint density at radius 1 is 1.32 bits per heavy atom. The lowest BCUT2D eigenvalue weighted by Crippen LogP contribution is -2.47. The predicted molar refractivity (Wildman–Crippen MR) is 68.7 cm³/mol. The van der Waals surface area contributed by atoms with Crippen LogP contribution in [0.15, 0.2) is 0 Å². The summed E-state index contributed by atoms with van der Waals surface area (Å²) >= 11 is 0. The molecule has 6 nitrogen and oxygen atoms in total. The third-order valence-corrected chi connectivity index (χ3v) is 4.16. The van der Waals surface area contributed by atoms with Crippen molar-refractivity contribution in [3.05, 3.63) is 0 Å². The van der Waals surface area contributed by atoms with Crippen molar-refractivity contribution in [3.8, 4) is 0 Å². The molecule has 0 aromatic carbocycles. The number of amides is 1. The third kappa shape index (κ3) is 3.45. The molecule has 2 aliphatic rings. The Morgan fingerprint density at radius 3 is 2.58 bits per heavy atom. The maximum absolute atomic E-state index is 12.4. The molecule has 2 heterocycles. The Morgan fingerprint density at radius 2 is 2.00 bits per heavy atom. The van der Waals surface area contributed by atoms with Crippen molar-refractivity contribution in [2.24, 2.45) is 11.8 Å². The van der Waals surface area contributed by atoms with Crippen LogP contribution in [0.4, 0.5) is 0 Å². The van der Waals surface area contributed by atoms with E-state index in [4.69, 9.17) is 9.84 Å². The van der Waals surface area contributed by atoms with Crippen molar-refractivity contribution >= 4 is 11.9 Å². The lowest BCUT2D eigenvalue weighted by Gasteiger charge is -2.33. The largest absolute Gasteiger partial charge is 0.481 e. The molecule has 19 heavy (non-hydrogen) atoms. The van der Waals surface area contributed by atoms with Crippen LogP contribution in [0.1, 0.15) is 19.3 Å². The number of nitrogens with one attached hydrogen (secondary N) is 1. The van der Waals surface area contributed by atoms with Gasteiger partial charge in [0.25, 0.3) is 0 Å². The van der Waals surface area contributed by atoms with Gasteiger partial charge in [-0.1, -0.05) is 0 Å². The summed E-state index contributed by atoms with van der Waals surface area (Å²) in [7, 11) is 1.85. The van der Waals surface area contributed by atoms with E-state index in [0.29, 0.717) is 26.3 Å². The molecule has 0 aromatic heterocycles. The summed E-state index contributed by atoms with van der Waals surface area (Å²) in [5, 5.41) is 11.9. The van der Waals surface area contributed by atoms with Crippen molar-refractivity contribution in [1.29, 1.82) is 0 Å². The smallest absolute Gasteiger partial charge is 0.303 e. The molecule has 2 N–H and O–H groups in total.